The van der Waals surface area contributed by atoms with Crippen LogP contribution in [0.3, 0.4) is 0 Å². The second-order valence-corrected chi connectivity index (χ2v) is 7.36. The number of hydrogen-bond donors (Lipinski definition) is 2. The second-order valence-electron chi connectivity index (χ2n) is 5.87. The Morgan fingerprint density at radius 1 is 1.41 bits per heavy atom. The molecule has 2 heterocycles. The molecular formula is C17H18ClFN4O3S. The number of carbonyl (C=O) groups excluding carboxylic acids is 2. The van der Waals surface area contributed by atoms with E-state index >= 15 is 0 Å². The van der Waals surface area contributed by atoms with Crippen molar-refractivity contribution < 1.29 is 18.7 Å². The summed E-state index contributed by atoms with van der Waals surface area (Å²) in [6, 6.07) is 4.05. The minimum absolute atomic E-state index is 0.0401. The van der Waals surface area contributed by atoms with E-state index in [0.29, 0.717) is 36.9 Å². The first kappa shape index (κ1) is 19.5. The van der Waals surface area contributed by atoms with Gasteiger partial charge in [0.25, 0.3) is 0 Å². The fraction of sp³-hybridized carbons (Fsp3) is 0.353. The van der Waals surface area contributed by atoms with Crippen molar-refractivity contribution in [3.8, 4) is 0 Å². The molecule has 0 atom stereocenters. The van der Waals surface area contributed by atoms with Gasteiger partial charge in [-0.2, -0.15) is 0 Å². The molecule has 1 aliphatic rings. The van der Waals surface area contributed by atoms with Crippen LogP contribution in [0.1, 0.15) is 17.5 Å². The van der Waals surface area contributed by atoms with Crippen LogP contribution < -0.4 is 10.6 Å². The molecule has 3 rings (SSSR count). The van der Waals surface area contributed by atoms with E-state index in [9.17, 15) is 14.0 Å². The molecule has 2 amide bonds. The lowest BCUT2D eigenvalue weighted by molar-refractivity contribution is -0.117. The van der Waals surface area contributed by atoms with Crippen molar-refractivity contribution >= 4 is 45.8 Å². The minimum atomic E-state index is -0.532. The Hall–Kier alpha value is -2.23. The Balaban J connectivity index is 1.56. The molecule has 0 radical (unpaired) electrons. The number of anilines is 2. The van der Waals surface area contributed by atoms with E-state index in [-0.39, 0.29) is 17.5 Å². The van der Waals surface area contributed by atoms with Crippen LogP contribution in [0.4, 0.5) is 20.0 Å². The SMILES string of the molecule is CCOC(=O)Nc1nc2c(s1)CN(CC(=O)Nc1ccc(F)c(Cl)c1)CC2. The van der Waals surface area contributed by atoms with E-state index in [4.69, 9.17) is 16.3 Å². The van der Waals surface area contributed by atoms with E-state index in [2.05, 4.69) is 15.6 Å². The lowest BCUT2D eigenvalue weighted by atomic mass is 10.2. The number of benzene rings is 1. The Morgan fingerprint density at radius 3 is 2.96 bits per heavy atom. The molecule has 27 heavy (non-hydrogen) atoms. The summed E-state index contributed by atoms with van der Waals surface area (Å²) >= 11 is 7.09. The number of amides is 2. The molecule has 1 aromatic carbocycles. The van der Waals surface area contributed by atoms with Crippen molar-refractivity contribution in [1.29, 1.82) is 0 Å². The monoisotopic (exact) mass is 412 g/mol. The molecule has 144 valence electrons. The summed E-state index contributed by atoms with van der Waals surface area (Å²) in [5, 5.41) is 5.76. The number of hydrogen-bond acceptors (Lipinski definition) is 6. The van der Waals surface area contributed by atoms with Gasteiger partial charge in [0, 0.05) is 30.1 Å². The third-order valence-corrected chi connectivity index (χ3v) is 5.15. The molecule has 7 nitrogen and oxygen atoms in total. The Morgan fingerprint density at radius 2 is 2.22 bits per heavy atom. The number of ether oxygens (including phenoxy) is 1. The predicted octanol–water partition coefficient (Wildman–Crippen LogP) is 3.50. The normalized spacial score (nSPS) is 13.7. The zero-order valence-corrected chi connectivity index (χ0v) is 16.1. The van der Waals surface area contributed by atoms with Gasteiger partial charge < -0.3 is 10.1 Å². The Kier molecular flexibility index (Phi) is 6.25. The summed E-state index contributed by atoms with van der Waals surface area (Å²) in [5.41, 5.74) is 1.37. The first-order chi connectivity index (χ1) is 12.9. The van der Waals surface area contributed by atoms with Crippen LogP contribution in [0.5, 0.6) is 0 Å². The van der Waals surface area contributed by atoms with Gasteiger partial charge in [0.15, 0.2) is 5.13 Å². The second kappa shape index (κ2) is 8.64. The van der Waals surface area contributed by atoms with E-state index < -0.39 is 11.9 Å². The maximum atomic E-state index is 13.2. The van der Waals surface area contributed by atoms with Crippen LogP contribution >= 0.6 is 22.9 Å². The number of fused-ring (bicyclic) bond motifs is 1. The van der Waals surface area contributed by atoms with Crippen LogP contribution in [-0.4, -0.2) is 41.6 Å². The molecule has 0 spiro atoms. The average molecular weight is 413 g/mol. The summed E-state index contributed by atoms with van der Waals surface area (Å²) in [6.07, 6.45) is 0.157. The smallest absolute Gasteiger partial charge is 0.413 e. The summed E-state index contributed by atoms with van der Waals surface area (Å²) in [6.45, 7) is 3.45. The third kappa shape index (κ3) is 5.15. The van der Waals surface area contributed by atoms with Crippen molar-refractivity contribution in [2.45, 2.75) is 19.9 Å². The zero-order valence-electron chi connectivity index (χ0n) is 14.6. The van der Waals surface area contributed by atoms with E-state index in [1.807, 2.05) is 4.90 Å². The molecule has 0 saturated carbocycles. The van der Waals surface area contributed by atoms with E-state index in [0.717, 1.165) is 10.6 Å². The van der Waals surface area contributed by atoms with Crippen LogP contribution in [0.25, 0.3) is 0 Å². The first-order valence-corrected chi connectivity index (χ1v) is 9.53. The fourth-order valence-corrected chi connectivity index (χ4v) is 3.89. The molecule has 1 aliphatic heterocycles. The highest BCUT2D eigenvalue weighted by atomic mass is 35.5. The molecule has 0 saturated heterocycles. The highest BCUT2D eigenvalue weighted by Gasteiger charge is 2.23. The lowest BCUT2D eigenvalue weighted by Gasteiger charge is -2.25. The number of halogens is 2. The van der Waals surface area contributed by atoms with E-state index in [1.54, 1.807) is 6.92 Å². The van der Waals surface area contributed by atoms with Crippen molar-refractivity contribution in [3.63, 3.8) is 0 Å². The van der Waals surface area contributed by atoms with Gasteiger partial charge >= 0.3 is 6.09 Å². The third-order valence-electron chi connectivity index (χ3n) is 3.87. The van der Waals surface area contributed by atoms with Crippen molar-refractivity contribution in [1.82, 2.24) is 9.88 Å². The molecule has 1 aromatic heterocycles. The van der Waals surface area contributed by atoms with Crippen molar-refractivity contribution in [2.24, 2.45) is 0 Å². The lowest BCUT2D eigenvalue weighted by Crippen LogP contribution is -2.36. The standard InChI is InChI=1S/C17H18ClFN4O3S/c1-2-26-17(25)22-16-21-13-5-6-23(8-14(13)27-16)9-15(24)20-10-3-4-12(19)11(18)7-10/h3-4,7H,2,5-6,8-9H2,1H3,(H,20,24)(H,21,22,25). The van der Waals surface area contributed by atoms with Gasteiger partial charge in [-0.25, -0.2) is 14.2 Å². The Labute approximate surface area is 164 Å². The molecule has 2 N–H and O–H groups in total. The molecule has 0 aliphatic carbocycles. The summed E-state index contributed by atoms with van der Waals surface area (Å²) in [4.78, 5) is 31.1. The first-order valence-electron chi connectivity index (χ1n) is 8.34. The van der Waals surface area contributed by atoms with Gasteiger partial charge in [0.05, 0.1) is 23.9 Å². The summed E-state index contributed by atoms with van der Waals surface area (Å²) in [7, 11) is 0. The average Bonchev–Trinajstić information content (AvgIpc) is 2.99. The molecule has 2 aromatic rings. The maximum Gasteiger partial charge on any atom is 0.413 e. The van der Waals surface area contributed by atoms with Gasteiger partial charge in [0.1, 0.15) is 5.82 Å². The molecule has 0 bridgehead atoms. The van der Waals surface area contributed by atoms with Crippen LogP contribution in [0, 0.1) is 5.82 Å². The number of nitrogens with one attached hydrogen (secondary N) is 2. The highest BCUT2D eigenvalue weighted by molar-refractivity contribution is 7.15. The van der Waals surface area contributed by atoms with Crippen molar-refractivity contribution in [3.05, 3.63) is 39.6 Å². The zero-order chi connectivity index (χ0) is 19.4. The van der Waals surface area contributed by atoms with Gasteiger partial charge in [-0.1, -0.05) is 22.9 Å². The number of nitrogens with zero attached hydrogens (tertiary/aromatic N) is 2. The molecule has 0 unspecified atom stereocenters. The minimum Gasteiger partial charge on any atom is -0.450 e. The summed E-state index contributed by atoms with van der Waals surface area (Å²) in [5.74, 6) is -0.744. The number of aromatic nitrogens is 1. The highest BCUT2D eigenvalue weighted by Crippen LogP contribution is 2.28. The van der Waals surface area contributed by atoms with Gasteiger partial charge in [-0.05, 0) is 25.1 Å². The van der Waals surface area contributed by atoms with E-state index in [1.165, 1.54) is 29.5 Å². The van der Waals surface area contributed by atoms with Crippen LogP contribution in [0.2, 0.25) is 5.02 Å². The van der Waals surface area contributed by atoms with Gasteiger partial charge in [-0.3, -0.25) is 15.0 Å². The number of thiazole rings is 1. The maximum absolute atomic E-state index is 13.2. The number of carbonyl (C=O) groups is 2. The molecule has 0 fully saturated rings. The van der Waals surface area contributed by atoms with Crippen LogP contribution in [-0.2, 0) is 22.5 Å². The van der Waals surface area contributed by atoms with Crippen LogP contribution in [0.15, 0.2) is 18.2 Å². The summed E-state index contributed by atoms with van der Waals surface area (Å²) < 4.78 is 18.0. The fourth-order valence-electron chi connectivity index (χ4n) is 2.67. The van der Waals surface area contributed by atoms with Crippen molar-refractivity contribution in [2.75, 3.05) is 30.3 Å². The largest absolute Gasteiger partial charge is 0.450 e. The molecular weight excluding hydrogens is 395 g/mol. The van der Waals surface area contributed by atoms with Gasteiger partial charge in [0.2, 0.25) is 5.91 Å². The molecule has 10 heteroatoms. The predicted molar refractivity (Wildman–Crippen MR) is 102 cm³/mol. The van der Waals surface area contributed by atoms with Gasteiger partial charge in [-0.15, -0.1) is 0 Å². The number of rotatable bonds is 5. The topological polar surface area (TPSA) is 83.6 Å². The quantitative estimate of drug-likeness (QED) is 0.785. The Bertz CT molecular complexity index is 861.